The molecule has 1 unspecified atom stereocenters. The van der Waals surface area contributed by atoms with Gasteiger partial charge in [0.05, 0.1) is 11.2 Å². The van der Waals surface area contributed by atoms with Crippen LogP contribution in [0, 0.1) is 58.6 Å². The number of hydrogen-bond acceptors (Lipinski definition) is 4. The van der Waals surface area contributed by atoms with Gasteiger partial charge in [0.2, 0.25) is 5.92 Å². The molecule has 1 radical (unpaired) electrons. The zero-order chi connectivity index (χ0) is 47.0. The minimum atomic E-state index is -2.83. The molecule has 1 aliphatic rings. The summed E-state index contributed by atoms with van der Waals surface area (Å²) in [5, 5.41) is 13.3. The Kier molecular flexibility index (Phi) is 15.9. The first-order chi connectivity index (χ1) is 30.2. The molecule has 0 bridgehead atoms. The molecule has 4 nitrogen and oxygen atoms in total. The van der Waals surface area contributed by atoms with Gasteiger partial charge in [-0.05, 0) is 102 Å². The van der Waals surface area contributed by atoms with Gasteiger partial charge in [-0.3, -0.25) is 4.79 Å². The Bertz CT molecular complexity index is 2610. The smallest absolute Gasteiger partial charge is 0.246 e. The Morgan fingerprint density at radius 1 is 0.770 bits per heavy atom. The standard InChI is InChI=1S/C22H22N.C18H16N.C14H24F2O2.Ir/c1-15-11-16(2)13-20(12-15)22-21-8-7-18(17-5-3-4-6-17)14-19(21)9-10-23-22;1-12-4-5-17-15(9-12)6-7-19-18(17)16-10-13(2)8-14(3)11-16;1-5-10(6-2)12(17)8-13(18)11(7-3)9-14(4,15)16;/h7-12,14,17H,3-6H2,1-2H3;4-10H,1-3H3;8,10-11,18H,5-7,9H2,1-4H3;/q2*-1;;/b;;13-8-;/i9D,10D;6D,7D;;. The molecule has 1 atom stereocenters. The normalized spacial score (nSPS) is 14.5. The van der Waals surface area contributed by atoms with Crippen LogP contribution in [-0.4, -0.2) is 26.8 Å². The molecule has 61 heavy (non-hydrogen) atoms. The van der Waals surface area contributed by atoms with E-state index in [-0.39, 0.29) is 62.0 Å². The van der Waals surface area contributed by atoms with E-state index < -0.39 is 18.3 Å². The molecule has 325 valence electrons. The number of pyridine rings is 2. The van der Waals surface area contributed by atoms with Gasteiger partial charge in [0.25, 0.3) is 0 Å². The summed E-state index contributed by atoms with van der Waals surface area (Å²) < 4.78 is 58.4. The second kappa shape index (κ2) is 22.5. The van der Waals surface area contributed by atoms with Gasteiger partial charge in [-0.1, -0.05) is 103 Å². The van der Waals surface area contributed by atoms with E-state index in [1.807, 2.05) is 65.8 Å². The molecule has 0 aliphatic heterocycles. The molecule has 1 fully saturated rings. The summed E-state index contributed by atoms with van der Waals surface area (Å²) in [5.74, 6) is -3.40. The first-order valence-electron chi connectivity index (χ1n) is 23.4. The molecule has 2 heterocycles. The zero-order valence-electron chi connectivity index (χ0n) is 41.1. The van der Waals surface area contributed by atoms with Gasteiger partial charge in [-0.2, -0.15) is 0 Å². The molecule has 0 amide bonds. The van der Waals surface area contributed by atoms with Crippen molar-refractivity contribution in [1.29, 1.82) is 0 Å². The van der Waals surface area contributed by atoms with Crippen LogP contribution >= 0.6 is 0 Å². The monoisotopic (exact) mass is 1010 g/mol. The van der Waals surface area contributed by atoms with Crippen molar-refractivity contribution in [3.8, 4) is 22.5 Å². The maximum absolute atomic E-state index is 12.9. The molecule has 1 aliphatic carbocycles. The number of alkyl halides is 2. The molecular weight excluding hydrogens is 939 g/mol. The number of rotatable bonds is 11. The van der Waals surface area contributed by atoms with Crippen LogP contribution in [0.4, 0.5) is 8.78 Å². The number of benzene rings is 4. The number of aryl methyl sites for hydroxylation is 5. The van der Waals surface area contributed by atoms with E-state index >= 15 is 0 Å². The fourth-order valence-corrected chi connectivity index (χ4v) is 8.18. The van der Waals surface area contributed by atoms with E-state index in [1.165, 1.54) is 31.2 Å². The van der Waals surface area contributed by atoms with Crippen LogP contribution in [0.1, 0.15) is 124 Å². The van der Waals surface area contributed by atoms with Crippen LogP contribution in [-0.2, 0) is 24.9 Å². The van der Waals surface area contributed by atoms with Crippen molar-refractivity contribution in [2.75, 3.05) is 0 Å². The van der Waals surface area contributed by atoms with Crippen LogP contribution in [0.2, 0.25) is 0 Å². The summed E-state index contributed by atoms with van der Waals surface area (Å²) in [6.45, 7) is 16.5. The van der Waals surface area contributed by atoms with Crippen LogP contribution in [0.5, 0.6) is 0 Å². The van der Waals surface area contributed by atoms with Crippen LogP contribution < -0.4 is 0 Å². The van der Waals surface area contributed by atoms with Gasteiger partial charge in [-0.25, -0.2) is 8.78 Å². The fraction of sp³-hybridized carbons (Fsp3) is 0.389. The maximum Gasteiger partial charge on any atom is 0.246 e. The van der Waals surface area contributed by atoms with E-state index in [9.17, 15) is 18.7 Å². The van der Waals surface area contributed by atoms with Gasteiger partial charge < -0.3 is 15.1 Å². The minimum Gasteiger partial charge on any atom is -0.512 e. The number of carbonyl (C=O) groups excluding carboxylic acids is 1. The van der Waals surface area contributed by atoms with E-state index in [2.05, 4.69) is 65.4 Å². The molecule has 7 rings (SSSR count). The summed E-state index contributed by atoms with van der Waals surface area (Å²) in [7, 11) is 0. The minimum absolute atomic E-state index is 0. The topological polar surface area (TPSA) is 63.1 Å². The predicted molar refractivity (Wildman–Crippen MR) is 246 cm³/mol. The van der Waals surface area contributed by atoms with Crippen molar-refractivity contribution >= 4 is 27.3 Å². The average Bonchev–Trinajstić information content (AvgIpc) is 3.78. The van der Waals surface area contributed by atoms with E-state index in [4.69, 9.17) is 5.48 Å². The van der Waals surface area contributed by atoms with E-state index in [1.54, 1.807) is 6.92 Å². The number of nitrogens with zero attached hydrogens (tertiary/aromatic N) is 2. The summed E-state index contributed by atoms with van der Waals surface area (Å²) in [4.78, 5) is 20.5. The second-order valence-electron chi connectivity index (χ2n) is 16.6. The van der Waals surface area contributed by atoms with Gasteiger partial charge >= 0.3 is 0 Å². The molecule has 4 aromatic carbocycles. The predicted octanol–water partition coefficient (Wildman–Crippen LogP) is 15.1. The molecule has 0 spiro atoms. The SMILES string of the molecule is CCC(CC)C(=O)/C=C(\O)C(CC)CC(C)(F)F.[2H]c1nc(-c2[c-]c(C)cc(C)c2)c2ccc(C)cc2c1[2H].[2H]c1nc(-c2[c-]c(C)cc(C)c2)c2ccc(C3CCCC3)cc2c1[2H].[Ir]. The fourth-order valence-electron chi connectivity index (χ4n) is 8.18. The Hall–Kier alpha value is -4.58. The molecule has 7 heteroatoms. The zero-order valence-corrected chi connectivity index (χ0v) is 39.5. The third kappa shape index (κ3) is 13.7. The molecule has 6 aromatic rings. The molecule has 2 aromatic heterocycles. The first kappa shape index (κ1) is 43.1. The molecular formula is C54H62F2IrN2O2-2. The first-order valence-corrected chi connectivity index (χ1v) is 21.4. The number of aliphatic hydroxyl groups is 1. The van der Waals surface area contributed by atoms with Crippen molar-refractivity contribution in [3.05, 3.63) is 142 Å². The summed E-state index contributed by atoms with van der Waals surface area (Å²) >= 11 is 0. The van der Waals surface area contributed by atoms with Crippen LogP contribution in [0.3, 0.4) is 0 Å². The van der Waals surface area contributed by atoms with Crippen molar-refractivity contribution in [2.24, 2.45) is 11.8 Å². The Morgan fingerprint density at radius 2 is 1.26 bits per heavy atom. The summed E-state index contributed by atoms with van der Waals surface area (Å²) in [6, 6.07) is 27.7. The number of halogens is 2. The maximum atomic E-state index is 12.9. The van der Waals surface area contributed by atoms with Crippen molar-refractivity contribution in [1.82, 2.24) is 9.97 Å². The number of ketones is 1. The average molecular weight is 1010 g/mol. The molecule has 1 saturated carbocycles. The van der Waals surface area contributed by atoms with E-state index in [0.29, 0.717) is 25.2 Å². The van der Waals surface area contributed by atoms with Crippen molar-refractivity contribution in [3.63, 3.8) is 0 Å². The van der Waals surface area contributed by atoms with Crippen molar-refractivity contribution in [2.45, 2.75) is 126 Å². The van der Waals surface area contributed by atoms with Gasteiger partial charge in [0.1, 0.15) is 0 Å². The van der Waals surface area contributed by atoms with Crippen LogP contribution in [0.25, 0.3) is 44.1 Å². The van der Waals surface area contributed by atoms with Gasteiger partial charge in [0, 0.05) is 56.8 Å². The third-order valence-electron chi connectivity index (χ3n) is 11.3. The molecule has 0 saturated heterocycles. The second-order valence-corrected chi connectivity index (χ2v) is 16.6. The van der Waals surface area contributed by atoms with Crippen LogP contribution in [0.15, 0.2) is 96.9 Å². The Morgan fingerprint density at radius 3 is 1.74 bits per heavy atom. The number of aliphatic hydroxyl groups excluding tert-OH is 1. The van der Waals surface area contributed by atoms with E-state index in [0.717, 1.165) is 84.9 Å². The number of allylic oxidation sites excluding steroid dienone is 2. The number of hydrogen-bond donors (Lipinski definition) is 1. The van der Waals surface area contributed by atoms with Gasteiger partial charge in [0.15, 0.2) is 5.78 Å². The molecule has 1 N–H and O–H groups in total. The summed E-state index contributed by atoms with van der Waals surface area (Å²) in [5.41, 5.74) is 10.1. The largest absolute Gasteiger partial charge is 0.512 e. The van der Waals surface area contributed by atoms with Gasteiger partial charge in [-0.15, -0.1) is 69.8 Å². The quantitative estimate of drug-likeness (QED) is 0.0798. The Balaban J connectivity index is 0.000000215. The summed E-state index contributed by atoms with van der Waals surface area (Å²) in [6.07, 6.45) is 7.58. The Labute approximate surface area is 382 Å². The number of fused-ring (bicyclic) bond motifs is 2. The van der Waals surface area contributed by atoms with Crippen molar-refractivity contribution < 1.29 is 44.3 Å². The number of aromatic nitrogens is 2. The third-order valence-corrected chi connectivity index (χ3v) is 11.3. The number of carbonyl (C=O) groups is 1.